The number of hydrogen-bond acceptors (Lipinski definition) is 5. The summed E-state index contributed by atoms with van der Waals surface area (Å²) in [4.78, 5) is 22.7. The molecule has 0 fully saturated rings. The quantitative estimate of drug-likeness (QED) is 0.626. The molecule has 0 spiro atoms. The third-order valence-corrected chi connectivity index (χ3v) is 3.03. The van der Waals surface area contributed by atoms with Crippen LogP contribution >= 0.6 is 12.4 Å². The van der Waals surface area contributed by atoms with Gasteiger partial charge in [0.2, 0.25) is 11.8 Å². The zero-order valence-corrected chi connectivity index (χ0v) is 14.4. The van der Waals surface area contributed by atoms with Crippen molar-refractivity contribution in [3.05, 3.63) is 23.8 Å². The summed E-state index contributed by atoms with van der Waals surface area (Å²) in [5.41, 5.74) is 6.16. The Morgan fingerprint density at radius 1 is 1.17 bits per heavy atom. The van der Waals surface area contributed by atoms with E-state index in [4.69, 9.17) is 15.2 Å². The molecule has 0 aliphatic heterocycles. The fraction of sp³-hybridized carbons (Fsp3) is 0.467. The monoisotopic (exact) mass is 345 g/mol. The van der Waals surface area contributed by atoms with E-state index in [2.05, 4.69) is 10.6 Å². The molecule has 0 heterocycles. The maximum absolute atomic E-state index is 11.7. The second kappa shape index (κ2) is 10.7. The minimum atomic E-state index is -0.359. The molecule has 1 aromatic rings. The Balaban J connectivity index is 0.00000484. The molecule has 0 saturated heterocycles. The molecule has 4 N–H and O–H groups in total. The lowest BCUT2D eigenvalue weighted by Crippen LogP contribution is -2.43. The first kappa shape index (κ1) is 21.0. The number of ether oxygens (including phenoxy) is 2. The average Bonchev–Trinajstić information content (AvgIpc) is 2.52. The minimum Gasteiger partial charge on any atom is -0.493 e. The molecule has 0 saturated carbocycles. The van der Waals surface area contributed by atoms with Gasteiger partial charge in [-0.15, -0.1) is 12.4 Å². The highest BCUT2D eigenvalue weighted by Crippen LogP contribution is 2.27. The first-order chi connectivity index (χ1) is 10.5. The van der Waals surface area contributed by atoms with E-state index in [1.807, 2.05) is 25.1 Å². The van der Waals surface area contributed by atoms with Crippen LogP contribution in [0.4, 0.5) is 0 Å². The van der Waals surface area contributed by atoms with E-state index < -0.39 is 0 Å². The molecular formula is C15H24ClN3O4. The number of nitrogens with one attached hydrogen (secondary N) is 2. The largest absolute Gasteiger partial charge is 0.493 e. The van der Waals surface area contributed by atoms with Crippen LogP contribution in [0.1, 0.15) is 12.5 Å². The van der Waals surface area contributed by atoms with Crippen LogP contribution in [-0.2, 0) is 16.0 Å². The summed E-state index contributed by atoms with van der Waals surface area (Å²) in [6, 6.07) is 5.53. The molecule has 1 atom stereocenters. The average molecular weight is 346 g/mol. The number of halogens is 1. The first-order valence-corrected chi connectivity index (χ1v) is 6.97. The van der Waals surface area contributed by atoms with E-state index in [-0.39, 0.29) is 43.4 Å². The standard InChI is InChI=1S/C15H23N3O4.ClH/c1-10(18-15(20)9-17-14(19)8-16)6-11-4-5-12(21-2)13(7-11)22-3;/h4-5,7,10H,6,8-9,16H2,1-3H3,(H,17,19)(H,18,20);1H. The summed E-state index contributed by atoms with van der Waals surface area (Å²) >= 11 is 0. The Morgan fingerprint density at radius 3 is 2.39 bits per heavy atom. The van der Waals surface area contributed by atoms with E-state index in [0.29, 0.717) is 17.9 Å². The highest BCUT2D eigenvalue weighted by Gasteiger charge is 2.11. The molecule has 1 unspecified atom stereocenters. The number of carbonyl (C=O) groups excluding carboxylic acids is 2. The van der Waals surface area contributed by atoms with Gasteiger partial charge in [-0.25, -0.2) is 0 Å². The van der Waals surface area contributed by atoms with Gasteiger partial charge in [-0.2, -0.15) is 0 Å². The van der Waals surface area contributed by atoms with Gasteiger partial charge in [0.25, 0.3) is 0 Å². The van der Waals surface area contributed by atoms with Crippen LogP contribution in [0.2, 0.25) is 0 Å². The van der Waals surface area contributed by atoms with Crippen molar-refractivity contribution in [1.82, 2.24) is 10.6 Å². The third kappa shape index (κ3) is 7.21. The second-order valence-electron chi connectivity index (χ2n) is 4.84. The smallest absolute Gasteiger partial charge is 0.239 e. The van der Waals surface area contributed by atoms with Gasteiger partial charge >= 0.3 is 0 Å². The van der Waals surface area contributed by atoms with Crippen molar-refractivity contribution in [2.75, 3.05) is 27.3 Å². The lowest BCUT2D eigenvalue weighted by molar-refractivity contribution is -0.125. The topological polar surface area (TPSA) is 103 Å². The summed E-state index contributed by atoms with van der Waals surface area (Å²) < 4.78 is 10.4. The first-order valence-electron chi connectivity index (χ1n) is 6.97. The van der Waals surface area contributed by atoms with Gasteiger partial charge in [0.1, 0.15) is 0 Å². The van der Waals surface area contributed by atoms with Crippen molar-refractivity contribution >= 4 is 24.2 Å². The lowest BCUT2D eigenvalue weighted by Gasteiger charge is -2.15. The van der Waals surface area contributed by atoms with Crippen LogP contribution < -0.4 is 25.8 Å². The number of methoxy groups -OCH3 is 2. The van der Waals surface area contributed by atoms with Gasteiger partial charge in [-0.1, -0.05) is 6.07 Å². The summed E-state index contributed by atoms with van der Waals surface area (Å²) in [5, 5.41) is 5.23. The molecule has 2 amide bonds. The van der Waals surface area contributed by atoms with Crippen molar-refractivity contribution in [3.8, 4) is 11.5 Å². The van der Waals surface area contributed by atoms with Crippen LogP contribution in [0.25, 0.3) is 0 Å². The number of rotatable bonds is 8. The van der Waals surface area contributed by atoms with Gasteiger partial charge in [0.15, 0.2) is 11.5 Å². The fourth-order valence-corrected chi connectivity index (χ4v) is 1.99. The van der Waals surface area contributed by atoms with E-state index in [1.165, 1.54) is 0 Å². The molecule has 0 bridgehead atoms. The number of hydrogen-bond donors (Lipinski definition) is 3. The van der Waals surface area contributed by atoms with Crippen LogP contribution in [0, 0.1) is 0 Å². The van der Waals surface area contributed by atoms with Gasteiger partial charge < -0.3 is 25.8 Å². The lowest BCUT2D eigenvalue weighted by atomic mass is 10.1. The second-order valence-corrected chi connectivity index (χ2v) is 4.84. The van der Waals surface area contributed by atoms with Crippen molar-refractivity contribution in [2.45, 2.75) is 19.4 Å². The fourth-order valence-electron chi connectivity index (χ4n) is 1.99. The Bertz CT molecular complexity index is 525. The molecule has 8 heteroatoms. The minimum absolute atomic E-state index is 0. The van der Waals surface area contributed by atoms with Gasteiger partial charge in [-0.05, 0) is 31.0 Å². The van der Waals surface area contributed by atoms with E-state index in [0.717, 1.165) is 5.56 Å². The van der Waals surface area contributed by atoms with Crippen LogP contribution in [-0.4, -0.2) is 45.2 Å². The number of nitrogens with two attached hydrogens (primary N) is 1. The zero-order valence-electron chi connectivity index (χ0n) is 13.5. The van der Waals surface area contributed by atoms with Crippen molar-refractivity contribution in [1.29, 1.82) is 0 Å². The number of amides is 2. The van der Waals surface area contributed by atoms with Crippen LogP contribution in [0.5, 0.6) is 11.5 Å². The van der Waals surface area contributed by atoms with Crippen LogP contribution in [0.3, 0.4) is 0 Å². The Labute approximate surface area is 142 Å². The van der Waals surface area contributed by atoms with Gasteiger partial charge in [0.05, 0.1) is 27.3 Å². The van der Waals surface area contributed by atoms with E-state index in [9.17, 15) is 9.59 Å². The predicted octanol–water partition coefficient (Wildman–Crippen LogP) is 0.248. The molecular weight excluding hydrogens is 322 g/mol. The number of benzene rings is 1. The van der Waals surface area contributed by atoms with Crippen LogP contribution in [0.15, 0.2) is 18.2 Å². The normalized spacial score (nSPS) is 11.0. The zero-order chi connectivity index (χ0) is 16.5. The molecule has 0 aliphatic carbocycles. The van der Waals surface area contributed by atoms with E-state index >= 15 is 0 Å². The Hall–Kier alpha value is -1.99. The van der Waals surface area contributed by atoms with Crippen molar-refractivity contribution < 1.29 is 19.1 Å². The van der Waals surface area contributed by atoms with Crippen molar-refractivity contribution in [2.24, 2.45) is 5.73 Å². The molecule has 7 nitrogen and oxygen atoms in total. The van der Waals surface area contributed by atoms with Gasteiger partial charge in [-0.3, -0.25) is 9.59 Å². The highest BCUT2D eigenvalue weighted by atomic mass is 35.5. The maximum atomic E-state index is 11.7. The summed E-state index contributed by atoms with van der Waals surface area (Å²) in [6.07, 6.45) is 0.636. The molecule has 1 rings (SSSR count). The Morgan fingerprint density at radius 2 is 1.83 bits per heavy atom. The maximum Gasteiger partial charge on any atom is 0.239 e. The van der Waals surface area contributed by atoms with Crippen molar-refractivity contribution in [3.63, 3.8) is 0 Å². The summed E-state index contributed by atoms with van der Waals surface area (Å²) in [7, 11) is 3.16. The molecule has 130 valence electrons. The molecule has 0 aliphatic rings. The molecule has 0 radical (unpaired) electrons. The van der Waals surface area contributed by atoms with Gasteiger partial charge in [0, 0.05) is 6.04 Å². The predicted molar refractivity (Wildman–Crippen MR) is 90.2 cm³/mol. The molecule has 23 heavy (non-hydrogen) atoms. The molecule has 1 aromatic carbocycles. The summed E-state index contributed by atoms with van der Waals surface area (Å²) in [6.45, 7) is 1.68. The highest BCUT2D eigenvalue weighted by molar-refractivity contribution is 5.85. The Kier molecular flexibility index (Phi) is 9.76. The third-order valence-electron chi connectivity index (χ3n) is 3.03. The SMILES string of the molecule is COc1ccc(CC(C)NC(=O)CNC(=O)CN)cc1OC.Cl. The van der Waals surface area contributed by atoms with E-state index in [1.54, 1.807) is 14.2 Å². The molecule has 0 aromatic heterocycles. The summed E-state index contributed by atoms with van der Waals surface area (Å²) in [5.74, 6) is 0.693. The number of carbonyl (C=O) groups is 2.